The van der Waals surface area contributed by atoms with Crippen molar-refractivity contribution in [3.05, 3.63) is 51.5 Å². The molecule has 0 atom stereocenters. The third kappa shape index (κ3) is 3.39. The minimum Gasteiger partial charge on any atom is -0.505 e. The summed E-state index contributed by atoms with van der Waals surface area (Å²) in [5, 5.41) is 12.9. The van der Waals surface area contributed by atoms with E-state index in [2.05, 4.69) is 10.1 Å². The lowest BCUT2D eigenvalue weighted by molar-refractivity contribution is 0.0597. The Labute approximate surface area is 147 Å². The summed E-state index contributed by atoms with van der Waals surface area (Å²) in [5.41, 5.74) is -0.0602. The number of esters is 1. The highest BCUT2D eigenvalue weighted by atomic mass is 35.5. The van der Waals surface area contributed by atoms with Crippen LogP contribution in [0.5, 0.6) is 11.5 Å². The molecule has 8 heteroatoms. The third-order valence-corrected chi connectivity index (χ3v) is 3.79. The Bertz CT molecular complexity index is 807. The summed E-state index contributed by atoms with van der Waals surface area (Å²) in [6, 6.07) is 7.22. The molecule has 0 saturated carbocycles. The number of methoxy groups -OCH3 is 2. The van der Waals surface area contributed by atoms with E-state index in [0.29, 0.717) is 0 Å². The highest BCUT2D eigenvalue weighted by molar-refractivity contribution is 6.37. The first kappa shape index (κ1) is 17.9. The van der Waals surface area contributed by atoms with Gasteiger partial charge in [-0.3, -0.25) is 4.79 Å². The first-order valence-corrected chi connectivity index (χ1v) is 7.40. The SMILES string of the molecule is COC(=O)c1cccc(NC(=O)c2c(Cl)ccc(Cl)c2OC)c1O. The number of aromatic hydroxyl groups is 1. The molecule has 0 heterocycles. The van der Waals surface area contributed by atoms with Crippen LogP contribution in [0, 0.1) is 0 Å². The molecule has 2 aromatic carbocycles. The monoisotopic (exact) mass is 369 g/mol. The Morgan fingerprint density at radius 1 is 1.08 bits per heavy atom. The average molecular weight is 370 g/mol. The van der Waals surface area contributed by atoms with Crippen LogP contribution in [0.25, 0.3) is 0 Å². The number of carbonyl (C=O) groups is 2. The van der Waals surface area contributed by atoms with Crippen LogP contribution in [0.3, 0.4) is 0 Å². The number of nitrogens with one attached hydrogen (secondary N) is 1. The zero-order valence-electron chi connectivity index (χ0n) is 12.7. The molecule has 0 spiro atoms. The Hall–Kier alpha value is -2.44. The van der Waals surface area contributed by atoms with Gasteiger partial charge < -0.3 is 19.9 Å². The first-order chi connectivity index (χ1) is 11.4. The number of hydrogen-bond donors (Lipinski definition) is 2. The van der Waals surface area contributed by atoms with Gasteiger partial charge in [-0.25, -0.2) is 4.79 Å². The van der Waals surface area contributed by atoms with Gasteiger partial charge in [0.25, 0.3) is 5.91 Å². The van der Waals surface area contributed by atoms with Crippen LogP contribution in [0.2, 0.25) is 10.0 Å². The van der Waals surface area contributed by atoms with Crippen molar-refractivity contribution in [3.8, 4) is 11.5 Å². The average Bonchev–Trinajstić information content (AvgIpc) is 2.57. The fourth-order valence-corrected chi connectivity index (χ4v) is 2.52. The van der Waals surface area contributed by atoms with Crippen molar-refractivity contribution in [3.63, 3.8) is 0 Å². The summed E-state index contributed by atoms with van der Waals surface area (Å²) in [5.74, 6) is -1.71. The summed E-state index contributed by atoms with van der Waals surface area (Å²) in [4.78, 5) is 24.1. The number of phenols is 1. The van der Waals surface area contributed by atoms with E-state index in [-0.39, 0.29) is 32.6 Å². The Morgan fingerprint density at radius 3 is 2.38 bits per heavy atom. The molecular weight excluding hydrogens is 357 g/mol. The van der Waals surface area contributed by atoms with Gasteiger partial charge in [0, 0.05) is 0 Å². The van der Waals surface area contributed by atoms with Crippen molar-refractivity contribution in [2.75, 3.05) is 19.5 Å². The summed E-state index contributed by atoms with van der Waals surface area (Å²) >= 11 is 12.0. The lowest BCUT2D eigenvalue weighted by atomic mass is 10.1. The molecule has 2 rings (SSSR count). The molecule has 0 aromatic heterocycles. The van der Waals surface area contributed by atoms with Gasteiger partial charge in [0.15, 0.2) is 11.5 Å². The zero-order valence-corrected chi connectivity index (χ0v) is 14.2. The molecule has 0 radical (unpaired) electrons. The van der Waals surface area contributed by atoms with E-state index in [4.69, 9.17) is 27.9 Å². The van der Waals surface area contributed by atoms with Gasteiger partial charge in [-0.15, -0.1) is 0 Å². The van der Waals surface area contributed by atoms with E-state index in [1.807, 2.05) is 0 Å². The summed E-state index contributed by atoms with van der Waals surface area (Å²) < 4.78 is 9.67. The van der Waals surface area contributed by atoms with Gasteiger partial charge in [0.1, 0.15) is 11.1 Å². The Balaban J connectivity index is 2.42. The fraction of sp³-hybridized carbons (Fsp3) is 0.125. The summed E-state index contributed by atoms with van der Waals surface area (Å²) in [6.07, 6.45) is 0. The second-order valence-corrected chi connectivity index (χ2v) is 5.40. The molecule has 2 aromatic rings. The van der Waals surface area contributed by atoms with E-state index in [0.717, 1.165) is 0 Å². The van der Waals surface area contributed by atoms with Crippen LogP contribution < -0.4 is 10.1 Å². The molecule has 0 saturated heterocycles. The number of anilines is 1. The fourth-order valence-electron chi connectivity index (χ4n) is 2.05. The number of para-hydroxylation sites is 1. The van der Waals surface area contributed by atoms with Gasteiger partial charge in [0.2, 0.25) is 0 Å². The number of carbonyl (C=O) groups excluding carboxylic acids is 2. The van der Waals surface area contributed by atoms with Gasteiger partial charge in [0.05, 0.1) is 30.0 Å². The molecule has 0 aliphatic rings. The van der Waals surface area contributed by atoms with Crippen LogP contribution in [0.15, 0.2) is 30.3 Å². The Morgan fingerprint density at radius 2 is 1.75 bits per heavy atom. The second kappa shape index (κ2) is 7.42. The largest absolute Gasteiger partial charge is 0.505 e. The van der Waals surface area contributed by atoms with Crippen LogP contribution in [-0.4, -0.2) is 31.2 Å². The molecule has 0 aliphatic heterocycles. The maximum absolute atomic E-state index is 12.5. The summed E-state index contributed by atoms with van der Waals surface area (Å²) in [6.45, 7) is 0. The molecule has 24 heavy (non-hydrogen) atoms. The normalized spacial score (nSPS) is 10.2. The Kier molecular flexibility index (Phi) is 5.54. The quantitative estimate of drug-likeness (QED) is 0.633. The molecular formula is C16H13Cl2NO5. The van der Waals surface area contributed by atoms with Gasteiger partial charge in [-0.05, 0) is 24.3 Å². The number of phenolic OH excluding ortho intramolecular Hbond substituents is 1. The van der Waals surface area contributed by atoms with E-state index in [1.54, 1.807) is 0 Å². The third-order valence-electron chi connectivity index (χ3n) is 3.18. The van der Waals surface area contributed by atoms with Crippen LogP contribution >= 0.6 is 23.2 Å². The topological polar surface area (TPSA) is 84.9 Å². The minimum atomic E-state index is -0.734. The lowest BCUT2D eigenvalue weighted by Crippen LogP contribution is -2.15. The predicted octanol–water partition coefficient (Wildman–Crippen LogP) is 3.75. The molecule has 0 bridgehead atoms. The number of ether oxygens (including phenoxy) is 2. The van der Waals surface area contributed by atoms with Gasteiger partial charge >= 0.3 is 5.97 Å². The minimum absolute atomic E-state index is 0.00883. The van der Waals surface area contributed by atoms with Crippen molar-refractivity contribution in [2.45, 2.75) is 0 Å². The summed E-state index contributed by atoms with van der Waals surface area (Å²) in [7, 11) is 2.54. The van der Waals surface area contributed by atoms with Crippen molar-refractivity contribution < 1.29 is 24.2 Å². The highest BCUT2D eigenvalue weighted by Gasteiger charge is 2.22. The molecule has 126 valence electrons. The van der Waals surface area contributed by atoms with E-state index >= 15 is 0 Å². The van der Waals surface area contributed by atoms with Crippen molar-refractivity contribution in [1.29, 1.82) is 0 Å². The van der Waals surface area contributed by atoms with E-state index in [9.17, 15) is 14.7 Å². The molecule has 0 aliphatic carbocycles. The van der Waals surface area contributed by atoms with E-state index < -0.39 is 17.6 Å². The van der Waals surface area contributed by atoms with Crippen molar-refractivity contribution in [1.82, 2.24) is 0 Å². The number of halogens is 2. The van der Waals surface area contributed by atoms with Crippen LogP contribution in [-0.2, 0) is 4.74 Å². The van der Waals surface area contributed by atoms with Crippen molar-refractivity contribution in [2.24, 2.45) is 0 Å². The molecule has 0 unspecified atom stereocenters. The van der Waals surface area contributed by atoms with Gasteiger partial charge in [-0.1, -0.05) is 29.3 Å². The van der Waals surface area contributed by atoms with E-state index in [1.165, 1.54) is 44.6 Å². The highest BCUT2D eigenvalue weighted by Crippen LogP contribution is 2.35. The number of hydrogen-bond acceptors (Lipinski definition) is 5. The molecule has 6 nitrogen and oxygen atoms in total. The zero-order chi connectivity index (χ0) is 17.9. The maximum atomic E-state index is 12.5. The van der Waals surface area contributed by atoms with Crippen LogP contribution in [0.1, 0.15) is 20.7 Å². The lowest BCUT2D eigenvalue weighted by Gasteiger charge is -2.14. The number of rotatable bonds is 4. The molecule has 0 fully saturated rings. The molecule has 2 N–H and O–H groups in total. The van der Waals surface area contributed by atoms with Crippen molar-refractivity contribution >= 4 is 40.8 Å². The van der Waals surface area contributed by atoms with Crippen LogP contribution in [0.4, 0.5) is 5.69 Å². The smallest absolute Gasteiger partial charge is 0.341 e. The number of benzene rings is 2. The number of amides is 1. The maximum Gasteiger partial charge on any atom is 0.341 e. The molecule has 1 amide bonds. The standard InChI is InChI=1S/C16H13Cl2NO5/c1-23-14-10(18)7-6-9(17)12(14)15(21)19-11-5-3-4-8(13(11)20)16(22)24-2/h3-7,20H,1-2H3,(H,19,21). The first-order valence-electron chi connectivity index (χ1n) is 6.64. The second-order valence-electron chi connectivity index (χ2n) is 4.58. The van der Waals surface area contributed by atoms with Gasteiger partial charge in [-0.2, -0.15) is 0 Å². The predicted molar refractivity (Wildman–Crippen MR) is 90.4 cm³/mol.